The van der Waals surface area contributed by atoms with Crippen LogP contribution in [-0.2, 0) is 21.9 Å². The van der Waals surface area contributed by atoms with Crippen molar-refractivity contribution in [1.82, 2.24) is 39.7 Å². The molecule has 2 aliphatic heterocycles. The zero-order chi connectivity index (χ0) is 47.9. The highest BCUT2D eigenvalue weighted by Crippen LogP contribution is 2.32. The molecule has 0 saturated carbocycles. The SMILES string of the molecule is Cc1nc(N2CCCN(C)CC2)nc2ncc(NC(=O)COc3ccc(C(F)(F)F)cc3)cc12.Cc1nc(N2CCN(C)CC2)nc2ncc(NC(=O)COc3ccc(C(F)(F)F)cc3)cc12. The van der Waals surface area contributed by atoms with Gasteiger partial charge in [0.1, 0.15) is 11.5 Å². The van der Waals surface area contributed by atoms with Crippen LogP contribution in [0.5, 0.6) is 11.5 Å². The van der Waals surface area contributed by atoms with Gasteiger partial charge in [0.15, 0.2) is 24.5 Å². The van der Waals surface area contributed by atoms with Crippen LogP contribution >= 0.6 is 0 Å². The van der Waals surface area contributed by atoms with Gasteiger partial charge >= 0.3 is 12.4 Å². The van der Waals surface area contributed by atoms with Crippen molar-refractivity contribution < 1.29 is 45.4 Å². The van der Waals surface area contributed by atoms with Crippen molar-refractivity contribution in [3.63, 3.8) is 0 Å². The number of ether oxygens (including phenoxy) is 2. The van der Waals surface area contributed by atoms with E-state index in [4.69, 9.17) is 9.47 Å². The second kappa shape index (κ2) is 20.7. The van der Waals surface area contributed by atoms with Gasteiger partial charge in [-0.15, -0.1) is 0 Å². The summed E-state index contributed by atoms with van der Waals surface area (Å²) in [4.78, 5) is 60.5. The first-order valence-electron chi connectivity index (χ1n) is 21.2. The van der Waals surface area contributed by atoms with Crippen molar-refractivity contribution >= 4 is 57.2 Å². The number of anilines is 4. The number of benzene rings is 2. The average Bonchev–Trinajstić information content (AvgIpc) is 3.52. The fraction of sp³-hybridized carbons (Fsp3) is 0.378. The number of halogens is 6. The van der Waals surface area contributed by atoms with E-state index in [1.165, 1.54) is 36.7 Å². The second-order valence-corrected chi connectivity index (χ2v) is 16.1. The molecule has 2 aromatic carbocycles. The minimum absolute atomic E-state index is 0.162. The van der Waals surface area contributed by atoms with Crippen LogP contribution in [0.4, 0.5) is 49.6 Å². The highest BCUT2D eigenvalue weighted by Gasteiger charge is 2.31. The Kier molecular flexibility index (Phi) is 14.8. The third kappa shape index (κ3) is 12.9. The normalized spacial score (nSPS) is 15.1. The predicted molar refractivity (Wildman–Crippen MR) is 239 cm³/mol. The molecule has 2 saturated heterocycles. The first-order valence-corrected chi connectivity index (χ1v) is 21.2. The van der Waals surface area contributed by atoms with E-state index in [1.807, 2.05) is 13.8 Å². The lowest BCUT2D eigenvalue weighted by Crippen LogP contribution is -2.45. The van der Waals surface area contributed by atoms with Gasteiger partial charge in [-0.2, -0.15) is 36.3 Å². The molecule has 0 aliphatic carbocycles. The van der Waals surface area contributed by atoms with E-state index in [1.54, 1.807) is 12.1 Å². The number of pyridine rings is 2. The van der Waals surface area contributed by atoms with Gasteiger partial charge in [-0.25, -0.2) is 19.9 Å². The average molecular weight is 935 g/mol. The lowest BCUT2D eigenvalue weighted by molar-refractivity contribution is -0.138. The number of hydrogen-bond donors (Lipinski definition) is 2. The van der Waals surface area contributed by atoms with Crippen molar-refractivity contribution in [1.29, 1.82) is 0 Å². The first kappa shape index (κ1) is 48.0. The summed E-state index contributed by atoms with van der Waals surface area (Å²) in [6, 6.07) is 11.8. The van der Waals surface area contributed by atoms with E-state index >= 15 is 0 Å². The maximum absolute atomic E-state index is 12.6. The number of aryl methyl sites for hydroxylation is 2. The standard InChI is InChI=1S/C23H25F3N6O2.C22H23F3N6O2/c1-15-19-12-17(29-20(33)14-34-18-6-4-16(5-7-18)23(24,25)26)13-27-21(19)30-22(28-15)32-9-3-8-31(2)10-11-32;1-14-18-11-16(12-26-20(18)29-21(27-14)31-9-7-30(2)8-10-31)28-19(32)13-33-17-5-3-15(4-6-17)22(23,24)25/h4-7,12-13H,3,8-11,14H2,1-2H3,(H,29,33);3-6,11-12H,7-10,13H2,1-2H3,(H,28,32). The van der Waals surface area contributed by atoms with Gasteiger partial charge in [0.25, 0.3) is 11.8 Å². The number of piperazine rings is 1. The molecule has 22 heteroatoms. The Bertz CT molecular complexity index is 2680. The number of nitrogens with zero attached hydrogens (tertiary/aromatic N) is 10. The van der Waals surface area contributed by atoms with Crippen molar-refractivity contribution in [3.8, 4) is 11.5 Å². The Morgan fingerprint density at radius 3 is 1.36 bits per heavy atom. The largest absolute Gasteiger partial charge is 0.484 e. The summed E-state index contributed by atoms with van der Waals surface area (Å²) >= 11 is 0. The summed E-state index contributed by atoms with van der Waals surface area (Å²) in [6.45, 7) is 10.3. The van der Waals surface area contributed by atoms with Crippen LogP contribution in [0.3, 0.4) is 0 Å². The van der Waals surface area contributed by atoms with Gasteiger partial charge in [-0.3, -0.25) is 9.59 Å². The first-order chi connectivity index (χ1) is 31.9. The number of aromatic nitrogens is 6. The van der Waals surface area contributed by atoms with E-state index in [0.29, 0.717) is 40.0 Å². The molecule has 0 unspecified atom stereocenters. The van der Waals surface area contributed by atoms with Crippen molar-refractivity contribution in [2.24, 2.45) is 0 Å². The van der Waals surface area contributed by atoms with Crippen LogP contribution in [0.15, 0.2) is 73.1 Å². The smallest absolute Gasteiger partial charge is 0.416 e. The molecule has 354 valence electrons. The number of hydrogen-bond acceptors (Lipinski definition) is 14. The maximum atomic E-state index is 12.6. The summed E-state index contributed by atoms with van der Waals surface area (Å²) in [5.74, 6) is 0.678. The van der Waals surface area contributed by atoms with Crippen LogP contribution in [0, 0.1) is 13.8 Å². The molecule has 0 bridgehead atoms. The molecule has 2 N–H and O–H groups in total. The molecule has 0 spiro atoms. The maximum Gasteiger partial charge on any atom is 0.416 e. The van der Waals surface area contributed by atoms with Crippen LogP contribution in [0.2, 0.25) is 0 Å². The molecule has 16 nitrogen and oxygen atoms in total. The van der Waals surface area contributed by atoms with Crippen LogP contribution in [0.1, 0.15) is 28.9 Å². The van der Waals surface area contributed by atoms with E-state index in [0.717, 1.165) is 99.8 Å². The number of rotatable bonds is 10. The fourth-order valence-corrected chi connectivity index (χ4v) is 7.13. The van der Waals surface area contributed by atoms with Gasteiger partial charge in [-0.05, 0) is 102 Å². The molecule has 0 radical (unpaired) electrons. The van der Waals surface area contributed by atoms with Gasteiger partial charge in [0.2, 0.25) is 11.9 Å². The van der Waals surface area contributed by atoms with Crippen LogP contribution in [0.25, 0.3) is 22.1 Å². The lowest BCUT2D eigenvalue weighted by Gasteiger charge is -2.32. The van der Waals surface area contributed by atoms with Gasteiger partial charge in [0.05, 0.1) is 46.3 Å². The van der Waals surface area contributed by atoms with Gasteiger partial charge in [-0.1, -0.05) is 0 Å². The summed E-state index contributed by atoms with van der Waals surface area (Å²) in [5.41, 5.74) is 1.91. The van der Waals surface area contributed by atoms with Crippen molar-refractivity contribution in [2.45, 2.75) is 32.6 Å². The van der Waals surface area contributed by atoms with E-state index in [2.05, 4.69) is 74.2 Å². The highest BCUT2D eigenvalue weighted by molar-refractivity contribution is 5.95. The summed E-state index contributed by atoms with van der Waals surface area (Å²) in [6.07, 6.45) is -4.81. The minimum Gasteiger partial charge on any atom is -0.484 e. The second-order valence-electron chi connectivity index (χ2n) is 16.1. The molecular formula is C45H48F6N12O4. The number of likely N-dealkylation sites (N-methyl/N-ethyl adjacent to an activating group) is 2. The quantitative estimate of drug-likeness (QED) is 0.141. The summed E-state index contributed by atoms with van der Waals surface area (Å²) in [7, 11) is 4.18. The van der Waals surface area contributed by atoms with E-state index in [-0.39, 0.29) is 24.7 Å². The molecule has 2 aliphatic rings. The van der Waals surface area contributed by atoms with E-state index < -0.39 is 35.3 Å². The Hall–Kier alpha value is -6.94. The molecular weight excluding hydrogens is 887 g/mol. The molecule has 8 rings (SSSR count). The number of alkyl halides is 6. The van der Waals surface area contributed by atoms with Crippen LogP contribution < -0.4 is 29.9 Å². The van der Waals surface area contributed by atoms with Crippen molar-refractivity contribution in [2.75, 3.05) is 100 Å². The molecule has 0 atom stereocenters. The number of carbonyl (C=O) groups excluding carboxylic acids is 2. The van der Waals surface area contributed by atoms with Crippen molar-refractivity contribution in [3.05, 3.63) is 95.6 Å². The number of carbonyl (C=O) groups is 2. The number of nitrogens with one attached hydrogen (secondary N) is 2. The fourth-order valence-electron chi connectivity index (χ4n) is 7.13. The lowest BCUT2D eigenvalue weighted by atomic mass is 10.2. The topological polar surface area (TPSA) is 167 Å². The molecule has 2 fully saturated rings. The Morgan fingerprint density at radius 1 is 0.567 bits per heavy atom. The Morgan fingerprint density at radius 2 is 0.955 bits per heavy atom. The minimum atomic E-state index is -4.43. The Labute approximate surface area is 381 Å². The molecule has 67 heavy (non-hydrogen) atoms. The number of fused-ring (bicyclic) bond motifs is 2. The predicted octanol–water partition coefficient (Wildman–Crippen LogP) is 6.63. The van der Waals surface area contributed by atoms with Gasteiger partial charge in [0, 0.05) is 56.6 Å². The van der Waals surface area contributed by atoms with Gasteiger partial charge < -0.3 is 39.7 Å². The molecule has 4 aromatic heterocycles. The van der Waals surface area contributed by atoms with Crippen LogP contribution in [-0.4, -0.2) is 131 Å². The highest BCUT2D eigenvalue weighted by atomic mass is 19.4. The Balaban J connectivity index is 0.000000199. The zero-order valence-electron chi connectivity index (χ0n) is 37.1. The summed E-state index contributed by atoms with van der Waals surface area (Å²) in [5, 5.41) is 6.79. The third-order valence-electron chi connectivity index (χ3n) is 10.9. The molecule has 6 aromatic rings. The summed E-state index contributed by atoms with van der Waals surface area (Å²) < 4.78 is 86.3. The molecule has 2 amide bonds. The zero-order valence-corrected chi connectivity index (χ0v) is 37.1. The number of amides is 2. The van der Waals surface area contributed by atoms with E-state index in [9.17, 15) is 35.9 Å². The monoisotopic (exact) mass is 934 g/mol. The third-order valence-corrected chi connectivity index (χ3v) is 10.9. The molecule has 6 heterocycles.